The van der Waals surface area contributed by atoms with Crippen molar-refractivity contribution in [3.8, 4) is 12.3 Å². The van der Waals surface area contributed by atoms with Gasteiger partial charge in [-0.25, -0.2) is 4.99 Å². The van der Waals surface area contributed by atoms with E-state index < -0.39 is 0 Å². The summed E-state index contributed by atoms with van der Waals surface area (Å²) in [6.45, 7) is 7.85. The van der Waals surface area contributed by atoms with E-state index in [1.54, 1.807) is 0 Å². The molecule has 0 spiro atoms. The van der Waals surface area contributed by atoms with E-state index >= 15 is 0 Å². The maximum Gasteiger partial charge on any atom is 0.195 e. The first-order valence-electron chi connectivity index (χ1n) is 8.68. The quantitative estimate of drug-likeness (QED) is 0.512. The number of terminal acetylenes is 1. The van der Waals surface area contributed by atoms with Crippen LogP contribution in [0.4, 0.5) is 0 Å². The summed E-state index contributed by atoms with van der Waals surface area (Å²) < 4.78 is 6.03. The third-order valence-corrected chi connectivity index (χ3v) is 4.60. The number of likely N-dealkylation sites (tertiary alicyclic amines) is 1. The zero-order valence-corrected chi connectivity index (χ0v) is 14.3. The van der Waals surface area contributed by atoms with Crippen molar-refractivity contribution in [2.45, 2.75) is 25.6 Å². The van der Waals surface area contributed by atoms with Crippen LogP contribution >= 0.6 is 0 Å². The Hall–Kier alpha value is -2.03. The van der Waals surface area contributed by atoms with Crippen molar-refractivity contribution in [3.05, 3.63) is 35.9 Å². The fourth-order valence-corrected chi connectivity index (χ4v) is 3.49. The van der Waals surface area contributed by atoms with Crippen molar-refractivity contribution in [3.63, 3.8) is 0 Å². The molecule has 2 atom stereocenters. The maximum absolute atomic E-state index is 6.03. The van der Waals surface area contributed by atoms with Crippen molar-refractivity contribution < 1.29 is 4.74 Å². The van der Waals surface area contributed by atoms with Gasteiger partial charge in [-0.05, 0) is 12.5 Å². The average molecular weight is 326 g/mol. The summed E-state index contributed by atoms with van der Waals surface area (Å²) in [5, 5.41) is 3.34. The molecule has 2 fully saturated rings. The predicted octanol–water partition coefficient (Wildman–Crippen LogP) is 1.17. The van der Waals surface area contributed by atoms with Gasteiger partial charge in [0.05, 0.1) is 18.8 Å². The minimum Gasteiger partial charge on any atom is -0.373 e. The van der Waals surface area contributed by atoms with E-state index in [1.807, 2.05) is 0 Å². The van der Waals surface area contributed by atoms with Crippen LogP contribution in [0.2, 0.25) is 0 Å². The van der Waals surface area contributed by atoms with E-state index in [-0.39, 0.29) is 6.10 Å². The lowest BCUT2D eigenvalue weighted by Gasteiger charge is -2.36. The normalized spacial score (nSPS) is 24.5. The van der Waals surface area contributed by atoms with Gasteiger partial charge in [-0.3, -0.25) is 4.90 Å². The number of aliphatic imine (C=N–C) groups is 1. The number of guanidine groups is 1. The summed E-state index contributed by atoms with van der Waals surface area (Å²) in [6, 6.07) is 11.0. The van der Waals surface area contributed by atoms with Gasteiger partial charge in [0.1, 0.15) is 6.54 Å². The third kappa shape index (κ3) is 3.89. The first kappa shape index (κ1) is 16.8. The zero-order valence-electron chi connectivity index (χ0n) is 14.3. The number of hydrogen-bond donors (Lipinski definition) is 1. The van der Waals surface area contributed by atoms with Gasteiger partial charge >= 0.3 is 0 Å². The number of nitrogens with one attached hydrogen (secondary N) is 1. The molecule has 1 N–H and O–H groups in total. The second-order valence-electron chi connectivity index (χ2n) is 6.21. The molecular weight excluding hydrogens is 300 g/mol. The van der Waals surface area contributed by atoms with Crippen molar-refractivity contribution in [2.75, 3.05) is 39.3 Å². The molecule has 1 aromatic rings. The first-order chi connectivity index (χ1) is 11.8. The number of morpholine rings is 1. The molecule has 5 heteroatoms. The Morgan fingerprint density at radius 2 is 2.21 bits per heavy atom. The number of fused-ring (bicyclic) bond motifs is 1. The van der Waals surface area contributed by atoms with E-state index in [2.05, 4.69) is 63.3 Å². The van der Waals surface area contributed by atoms with Gasteiger partial charge in [-0.2, -0.15) is 0 Å². The zero-order chi connectivity index (χ0) is 16.8. The van der Waals surface area contributed by atoms with Crippen LogP contribution in [-0.2, 0) is 11.3 Å². The Bertz CT molecular complexity index is 595. The number of rotatable bonds is 4. The van der Waals surface area contributed by atoms with Gasteiger partial charge in [0.25, 0.3) is 0 Å². The number of ether oxygens (including phenoxy) is 1. The maximum atomic E-state index is 6.03. The van der Waals surface area contributed by atoms with E-state index in [0.29, 0.717) is 12.6 Å². The topological polar surface area (TPSA) is 40.1 Å². The highest BCUT2D eigenvalue weighted by molar-refractivity contribution is 5.80. The van der Waals surface area contributed by atoms with Crippen LogP contribution in [0.3, 0.4) is 0 Å². The SMILES string of the molecule is C#CCN=C(NCC)N1CC2OCCN(Cc3ccccc3)C2C1. The Morgan fingerprint density at radius 1 is 1.38 bits per heavy atom. The van der Waals surface area contributed by atoms with Crippen molar-refractivity contribution in [1.29, 1.82) is 0 Å². The molecule has 0 saturated carbocycles. The molecule has 128 valence electrons. The Kier molecular flexibility index (Phi) is 5.73. The Balaban J connectivity index is 1.69. The highest BCUT2D eigenvalue weighted by Gasteiger charge is 2.41. The van der Waals surface area contributed by atoms with Crippen LogP contribution in [0.1, 0.15) is 12.5 Å². The number of benzene rings is 1. The molecular formula is C19H26N4O. The summed E-state index contributed by atoms with van der Waals surface area (Å²) in [4.78, 5) is 9.32. The van der Waals surface area contributed by atoms with Gasteiger partial charge in [0.2, 0.25) is 0 Å². The smallest absolute Gasteiger partial charge is 0.195 e. The molecule has 0 bridgehead atoms. The second-order valence-corrected chi connectivity index (χ2v) is 6.21. The lowest BCUT2D eigenvalue weighted by molar-refractivity contribution is -0.0502. The second kappa shape index (κ2) is 8.18. The van der Waals surface area contributed by atoms with Crippen molar-refractivity contribution in [2.24, 2.45) is 4.99 Å². The van der Waals surface area contributed by atoms with E-state index in [0.717, 1.165) is 45.3 Å². The Morgan fingerprint density at radius 3 is 2.96 bits per heavy atom. The van der Waals surface area contributed by atoms with Crippen LogP contribution in [0.5, 0.6) is 0 Å². The van der Waals surface area contributed by atoms with Crippen LogP contribution < -0.4 is 5.32 Å². The summed E-state index contributed by atoms with van der Waals surface area (Å²) in [7, 11) is 0. The van der Waals surface area contributed by atoms with Gasteiger partial charge in [0, 0.05) is 32.7 Å². The van der Waals surface area contributed by atoms with E-state index in [4.69, 9.17) is 11.2 Å². The highest BCUT2D eigenvalue weighted by atomic mass is 16.5. The molecule has 0 radical (unpaired) electrons. The molecule has 2 saturated heterocycles. The van der Waals surface area contributed by atoms with Gasteiger partial charge < -0.3 is 15.0 Å². The molecule has 1 aromatic carbocycles. The third-order valence-electron chi connectivity index (χ3n) is 4.60. The largest absolute Gasteiger partial charge is 0.373 e. The molecule has 0 aromatic heterocycles. The summed E-state index contributed by atoms with van der Waals surface area (Å²) in [6.07, 6.45) is 5.59. The molecule has 2 aliphatic heterocycles. The standard InChI is InChI=1S/C19H26N4O/c1-3-10-21-19(20-4-2)23-14-17-18(15-23)24-12-11-22(17)13-16-8-6-5-7-9-16/h1,5-9,17-18H,4,10-15H2,2H3,(H,20,21). The summed E-state index contributed by atoms with van der Waals surface area (Å²) in [5.41, 5.74) is 1.35. The molecule has 24 heavy (non-hydrogen) atoms. The highest BCUT2D eigenvalue weighted by Crippen LogP contribution is 2.24. The summed E-state index contributed by atoms with van der Waals surface area (Å²) >= 11 is 0. The number of hydrogen-bond acceptors (Lipinski definition) is 3. The fourth-order valence-electron chi connectivity index (χ4n) is 3.49. The first-order valence-corrected chi connectivity index (χ1v) is 8.68. The van der Waals surface area contributed by atoms with Crippen LogP contribution in [0, 0.1) is 12.3 Å². The monoisotopic (exact) mass is 326 g/mol. The molecule has 2 aliphatic rings. The number of nitrogens with zero attached hydrogens (tertiary/aromatic N) is 3. The molecule has 0 amide bonds. The van der Waals surface area contributed by atoms with Crippen LogP contribution in [-0.4, -0.2) is 67.2 Å². The molecule has 0 aliphatic carbocycles. The lowest BCUT2D eigenvalue weighted by atomic mass is 10.1. The van der Waals surface area contributed by atoms with E-state index in [9.17, 15) is 0 Å². The van der Waals surface area contributed by atoms with Crippen LogP contribution in [0.15, 0.2) is 35.3 Å². The fraction of sp³-hybridized carbons (Fsp3) is 0.526. The van der Waals surface area contributed by atoms with Gasteiger partial charge in [-0.15, -0.1) is 6.42 Å². The molecule has 2 heterocycles. The molecule has 3 rings (SSSR count). The Labute approximate surface area is 144 Å². The minimum atomic E-state index is 0.233. The van der Waals surface area contributed by atoms with E-state index in [1.165, 1.54) is 5.56 Å². The van der Waals surface area contributed by atoms with Gasteiger partial charge in [0.15, 0.2) is 5.96 Å². The lowest BCUT2D eigenvalue weighted by Crippen LogP contribution is -2.50. The molecule has 2 unspecified atom stereocenters. The predicted molar refractivity (Wildman–Crippen MR) is 96.8 cm³/mol. The molecule has 5 nitrogen and oxygen atoms in total. The summed E-state index contributed by atoms with van der Waals surface area (Å²) in [5.74, 6) is 3.48. The van der Waals surface area contributed by atoms with Gasteiger partial charge in [-0.1, -0.05) is 36.3 Å². The van der Waals surface area contributed by atoms with Crippen molar-refractivity contribution >= 4 is 5.96 Å². The van der Waals surface area contributed by atoms with Crippen LogP contribution in [0.25, 0.3) is 0 Å². The average Bonchev–Trinajstić information content (AvgIpc) is 3.05. The minimum absolute atomic E-state index is 0.233. The van der Waals surface area contributed by atoms with Crippen molar-refractivity contribution in [1.82, 2.24) is 15.1 Å².